The van der Waals surface area contributed by atoms with Gasteiger partial charge in [-0.25, -0.2) is 0 Å². The summed E-state index contributed by atoms with van der Waals surface area (Å²) in [5.41, 5.74) is 1.05. The summed E-state index contributed by atoms with van der Waals surface area (Å²) in [5.74, 6) is 0.928. The van der Waals surface area contributed by atoms with Crippen LogP contribution in [-0.2, 0) is 6.54 Å². The van der Waals surface area contributed by atoms with E-state index in [1.165, 1.54) is 0 Å². The molecule has 0 amide bonds. The second-order valence-corrected chi connectivity index (χ2v) is 2.67. The highest BCUT2D eigenvalue weighted by atomic mass is 16.3. The van der Waals surface area contributed by atoms with Crippen LogP contribution >= 0.6 is 0 Å². The van der Waals surface area contributed by atoms with Crippen molar-refractivity contribution in [3.05, 3.63) is 48.7 Å². The minimum atomic E-state index is 0.705. The van der Waals surface area contributed by atoms with E-state index in [0.717, 1.165) is 11.4 Å². The maximum Gasteiger partial charge on any atom is 0.122 e. The zero-order chi connectivity index (χ0) is 8.93. The standard InChI is InChI=1S/C10H10N2O/c1-2-10(13-7-1)8-12-9-3-5-11-6-4-9/h1-7H,8H2,(H,11,12). The fraction of sp³-hybridized carbons (Fsp3) is 0.100. The van der Waals surface area contributed by atoms with E-state index < -0.39 is 0 Å². The largest absolute Gasteiger partial charge is 0.467 e. The minimum absolute atomic E-state index is 0.705. The first kappa shape index (κ1) is 7.86. The van der Waals surface area contributed by atoms with E-state index in [2.05, 4.69) is 10.3 Å². The highest BCUT2D eigenvalue weighted by molar-refractivity contribution is 5.40. The number of pyridine rings is 1. The average Bonchev–Trinajstić information content (AvgIpc) is 2.69. The van der Waals surface area contributed by atoms with Crippen LogP contribution in [-0.4, -0.2) is 4.98 Å². The topological polar surface area (TPSA) is 38.1 Å². The Balaban J connectivity index is 1.94. The van der Waals surface area contributed by atoms with Gasteiger partial charge in [-0.1, -0.05) is 0 Å². The maximum atomic E-state index is 5.18. The van der Waals surface area contributed by atoms with Gasteiger partial charge < -0.3 is 9.73 Å². The van der Waals surface area contributed by atoms with Gasteiger partial charge in [-0.2, -0.15) is 0 Å². The Kier molecular flexibility index (Phi) is 2.27. The van der Waals surface area contributed by atoms with E-state index >= 15 is 0 Å². The van der Waals surface area contributed by atoms with Crippen molar-refractivity contribution in [2.45, 2.75) is 6.54 Å². The van der Waals surface area contributed by atoms with Crippen molar-refractivity contribution in [2.75, 3.05) is 5.32 Å². The molecule has 3 nitrogen and oxygen atoms in total. The van der Waals surface area contributed by atoms with E-state index in [1.54, 1.807) is 18.7 Å². The summed E-state index contributed by atoms with van der Waals surface area (Å²) in [6.45, 7) is 0.705. The summed E-state index contributed by atoms with van der Waals surface area (Å²) in [6.07, 6.45) is 5.18. The van der Waals surface area contributed by atoms with Crippen LogP contribution in [0.1, 0.15) is 5.76 Å². The molecule has 0 radical (unpaired) electrons. The van der Waals surface area contributed by atoms with Gasteiger partial charge in [0.15, 0.2) is 0 Å². The fourth-order valence-corrected chi connectivity index (χ4v) is 1.07. The zero-order valence-electron chi connectivity index (χ0n) is 7.10. The molecule has 3 heteroatoms. The smallest absolute Gasteiger partial charge is 0.122 e. The first-order chi connectivity index (χ1) is 6.45. The summed E-state index contributed by atoms with van der Waals surface area (Å²) in [7, 11) is 0. The molecule has 2 rings (SSSR count). The second kappa shape index (κ2) is 3.76. The lowest BCUT2D eigenvalue weighted by Crippen LogP contribution is -1.97. The molecular formula is C10H10N2O. The molecule has 0 saturated heterocycles. The Morgan fingerprint density at radius 2 is 2.08 bits per heavy atom. The number of hydrogen-bond acceptors (Lipinski definition) is 3. The summed E-state index contributed by atoms with van der Waals surface area (Å²) < 4.78 is 5.18. The van der Waals surface area contributed by atoms with Crippen LogP contribution in [0.5, 0.6) is 0 Å². The molecule has 0 aromatic carbocycles. The molecule has 0 aliphatic rings. The summed E-state index contributed by atoms with van der Waals surface area (Å²) in [6, 6.07) is 7.66. The fourth-order valence-electron chi connectivity index (χ4n) is 1.07. The maximum absolute atomic E-state index is 5.18. The molecule has 0 bridgehead atoms. The van der Waals surface area contributed by atoms with E-state index in [9.17, 15) is 0 Å². The first-order valence-corrected chi connectivity index (χ1v) is 4.11. The van der Waals surface area contributed by atoms with Crippen molar-refractivity contribution in [2.24, 2.45) is 0 Å². The van der Waals surface area contributed by atoms with Crippen molar-refractivity contribution >= 4 is 5.69 Å². The predicted molar refractivity (Wildman–Crippen MR) is 50.3 cm³/mol. The Morgan fingerprint density at radius 1 is 1.23 bits per heavy atom. The third kappa shape index (κ3) is 2.08. The molecule has 0 unspecified atom stereocenters. The van der Waals surface area contributed by atoms with Crippen molar-refractivity contribution in [1.29, 1.82) is 0 Å². The molecule has 1 N–H and O–H groups in total. The normalized spacial score (nSPS) is 9.85. The highest BCUT2D eigenvalue weighted by Gasteiger charge is 1.94. The molecule has 13 heavy (non-hydrogen) atoms. The molecular weight excluding hydrogens is 164 g/mol. The van der Waals surface area contributed by atoms with Crippen LogP contribution in [0, 0.1) is 0 Å². The van der Waals surface area contributed by atoms with Crippen molar-refractivity contribution in [3.8, 4) is 0 Å². The van der Waals surface area contributed by atoms with Gasteiger partial charge in [-0.3, -0.25) is 4.98 Å². The quantitative estimate of drug-likeness (QED) is 0.775. The Morgan fingerprint density at radius 3 is 2.77 bits per heavy atom. The van der Waals surface area contributed by atoms with Crippen molar-refractivity contribution in [3.63, 3.8) is 0 Å². The van der Waals surface area contributed by atoms with Crippen LogP contribution in [0.4, 0.5) is 5.69 Å². The van der Waals surface area contributed by atoms with Crippen LogP contribution in [0.3, 0.4) is 0 Å². The molecule has 2 aromatic rings. The van der Waals surface area contributed by atoms with Gasteiger partial charge in [0.05, 0.1) is 12.8 Å². The predicted octanol–water partition coefficient (Wildman–Crippen LogP) is 2.29. The third-order valence-electron chi connectivity index (χ3n) is 1.73. The molecule has 0 aliphatic heterocycles. The molecule has 0 spiro atoms. The summed E-state index contributed by atoms with van der Waals surface area (Å²) >= 11 is 0. The number of nitrogens with zero attached hydrogens (tertiary/aromatic N) is 1. The Bertz CT molecular complexity index is 342. The Labute approximate surface area is 76.4 Å². The van der Waals surface area contributed by atoms with Gasteiger partial charge in [0.2, 0.25) is 0 Å². The first-order valence-electron chi connectivity index (χ1n) is 4.11. The van der Waals surface area contributed by atoms with Gasteiger partial charge in [0.25, 0.3) is 0 Å². The molecule has 0 aliphatic carbocycles. The van der Waals surface area contributed by atoms with Gasteiger partial charge in [-0.15, -0.1) is 0 Å². The van der Waals surface area contributed by atoms with E-state index in [-0.39, 0.29) is 0 Å². The molecule has 2 aromatic heterocycles. The number of hydrogen-bond donors (Lipinski definition) is 1. The SMILES string of the molecule is c1coc(CNc2ccncc2)c1. The minimum Gasteiger partial charge on any atom is -0.467 e. The number of aromatic nitrogens is 1. The van der Waals surface area contributed by atoms with Crippen LogP contribution in [0.25, 0.3) is 0 Å². The molecule has 0 saturated carbocycles. The molecule has 0 atom stereocenters. The Hall–Kier alpha value is -1.77. The summed E-state index contributed by atoms with van der Waals surface area (Å²) in [4.78, 5) is 3.93. The van der Waals surface area contributed by atoms with Gasteiger partial charge in [-0.05, 0) is 24.3 Å². The van der Waals surface area contributed by atoms with E-state index in [0.29, 0.717) is 6.54 Å². The molecule has 0 fully saturated rings. The van der Waals surface area contributed by atoms with Crippen molar-refractivity contribution < 1.29 is 4.42 Å². The lowest BCUT2D eigenvalue weighted by atomic mass is 10.4. The second-order valence-electron chi connectivity index (χ2n) is 2.67. The van der Waals surface area contributed by atoms with E-state index in [4.69, 9.17) is 4.42 Å². The number of rotatable bonds is 3. The summed E-state index contributed by atoms with van der Waals surface area (Å²) in [5, 5.41) is 3.21. The molecule has 2 heterocycles. The zero-order valence-corrected chi connectivity index (χ0v) is 7.10. The van der Waals surface area contributed by atoms with Crippen LogP contribution in [0.2, 0.25) is 0 Å². The van der Waals surface area contributed by atoms with Gasteiger partial charge in [0.1, 0.15) is 5.76 Å². The number of anilines is 1. The number of nitrogens with one attached hydrogen (secondary N) is 1. The van der Waals surface area contributed by atoms with Crippen LogP contribution < -0.4 is 5.32 Å². The van der Waals surface area contributed by atoms with Crippen LogP contribution in [0.15, 0.2) is 47.3 Å². The lowest BCUT2D eigenvalue weighted by molar-refractivity contribution is 0.518. The number of furan rings is 1. The lowest BCUT2D eigenvalue weighted by Gasteiger charge is -2.02. The monoisotopic (exact) mass is 174 g/mol. The van der Waals surface area contributed by atoms with Gasteiger partial charge >= 0.3 is 0 Å². The molecule has 66 valence electrons. The van der Waals surface area contributed by atoms with Gasteiger partial charge in [0, 0.05) is 18.1 Å². The third-order valence-corrected chi connectivity index (χ3v) is 1.73. The van der Waals surface area contributed by atoms with Crippen molar-refractivity contribution in [1.82, 2.24) is 4.98 Å². The average molecular weight is 174 g/mol. The van der Waals surface area contributed by atoms with E-state index in [1.807, 2.05) is 24.3 Å². The highest BCUT2D eigenvalue weighted by Crippen LogP contribution is 2.07.